The van der Waals surface area contributed by atoms with E-state index in [1.54, 1.807) is 72.8 Å². The summed E-state index contributed by atoms with van der Waals surface area (Å²) in [4.78, 5) is 37.6. The molecule has 152 valence electrons. The largest absolute Gasteiger partial charge is 0.442 e. The summed E-state index contributed by atoms with van der Waals surface area (Å²) in [6.07, 6.45) is 0.537. The molecule has 3 rings (SSSR count). The number of carbonyl (C=O) groups is 3. The molecule has 1 unspecified atom stereocenters. The Morgan fingerprint density at radius 2 is 1.30 bits per heavy atom. The Hall–Kier alpha value is -3.73. The van der Waals surface area contributed by atoms with E-state index >= 15 is 0 Å². The zero-order valence-corrected chi connectivity index (χ0v) is 16.6. The third kappa shape index (κ3) is 5.41. The predicted molar refractivity (Wildman–Crippen MR) is 112 cm³/mol. The van der Waals surface area contributed by atoms with Crippen molar-refractivity contribution in [3.63, 3.8) is 0 Å². The molecule has 0 heterocycles. The summed E-state index contributed by atoms with van der Waals surface area (Å²) in [5, 5.41) is 0. The Labute approximate surface area is 175 Å². The van der Waals surface area contributed by atoms with E-state index in [2.05, 4.69) is 6.92 Å². The summed E-state index contributed by atoms with van der Waals surface area (Å²) in [6, 6.07) is 23.7. The maximum absolute atomic E-state index is 12.7. The van der Waals surface area contributed by atoms with Gasteiger partial charge in [0.05, 0.1) is 11.1 Å². The van der Waals surface area contributed by atoms with Gasteiger partial charge >= 0.3 is 17.9 Å². The van der Waals surface area contributed by atoms with Crippen LogP contribution in [0.2, 0.25) is 0 Å². The van der Waals surface area contributed by atoms with E-state index in [4.69, 9.17) is 9.47 Å². The van der Waals surface area contributed by atoms with Crippen LogP contribution in [-0.2, 0) is 20.7 Å². The standard InChI is InChI=1S/C25H22O5/c1-2-9-18-14-16-21(17-15-18)24(27)30-25(28)22(19-10-5-3-6-11-19)29-23(26)20-12-7-4-8-13-20/h3-8,10-17,22H,2,9H2,1H3. The lowest BCUT2D eigenvalue weighted by Gasteiger charge is -2.16. The van der Waals surface area contributed by atoms with Crippen molar-refractivity contribution in [2.45, 2.75) is 25.9 Å². The highest BCUT2D eigenvalue weighted by Crippen LogP contribution is 2.22. The average molecular weight is 402 g/mol. The fourth-order valence-corrected chi connectivity index (χ4v) is 2.93. The summed E-state index contributed by atoms with van der Waals surface area (Å²) >= 11 is 0. The molecule has 0 aromatic heterocycles. The Morgan fingerprint density at radius 1 is 0.733 bits per heavy atom. The average Bonchev–Trinajstić information content (AvgIpc) is 2.79. The third-order valence-corrected chi connectivity index (χ3v) is 4.47. The van der Waals surface area contributed by atoms with Crippen LogP contribution >= 0.6 is 0 Å². The van der Waals surface area contributed by atoms with E-state index in [-0.39, 0.29) is 5.56 Å². The minimum Gasteiger partial charge on any atom is -0.442 e. The fraction of sp³-hybridized carbons (Fsp3) is 0.160. The maximum Gasteiger partial charge on any atom is 0.360 e. The van der Waals surface area contributed by atoms with E-state index in [1.165, 1.54) is 0 Å². The lowest BCUT2D eigenvalue weighted by molar-refractivity contribution is -0.148. The highest BCUT2D eigenvalue weighted by atomic mass is 16.6. The normalized spacial score (nSPS) is 11.4. The summed E-state index contributed by atoms with van der Waals surface area (Å²) in [6.45, 7) is 2.07. The van der Waals surface area contributed by atoms with E-state index in [0.717, 1.165) is 18.4 Å². The first kappa shape index (κ1) is 21.0. The minimum atomic E-state index is -1.36. The Kier molecular flexibility index (Phi) is 7.11. The zero-order chi connectivity index (χ0) is 21.3. The Balaban J connectivity index is 1.76. The molecule has 5 heteroatoms. The van der Waals surface area contributed by atoms with Gasteiger partial charge in [-0.25, -0.2) is 14.4 Å². The highest BCUT2D eigenvalue weighted by Gasteiger charge is 2.29. The van der Waals surface area contributed by atoms with Crippen LogP contribution in [0.5, 0.6) is 0 Å². The molecule has 30 heavy (non-hydrogen) atoms. The molecular formula is C25H22O5. The van der Waals surface area contributed by atoms with Gasteiger partial charge in [0.2, 0.25) is 6.10 Å². The third-order valence-electron chi connectivity index (χ3n) is 4.47. The number of ether oxygens (including phenoxy) is 2. The SMILES string of the molecule is CCCc1ccc(C(=O)OC(=O)C(OC(=O)c2ccccc2)c2ccccc2)cc1. The van der Waals surface area contributed by atoms with Gasteiger partial charge in [-0.15, -0.1) is 0 Å². The molecule has 0 N–H and O–H groups in total. The minimum absolute atomic E-state index is 0.254. The van der Waals surface area contributed by atoms with Crippen LogP contribution < -0.4 is 0 Å². The zero-order valence-electron chi connectivity index (χ0n) is 16.6. The first-order valence-electron chi connectivity index (χ1n) is 9.74. The summed E-state index contributed by atoms with van der Waals surface area (Å²) in [5.74, 6) is -2.43. The van der Waals surface area contributed by atoms with Crippen LogP contribution in [0.4, 0.5) is 0 Å². The van der Waals surface area contributed by atoms with E-state index < -0.39 is 24.0 Å². The molecule has 0 fully saturated rings. The van der Waals surface area contributed by atoms with Crippen molar-refractivity contribution >= 4 is 17.9 Å². The van der Waals surface area contributed by atoms with Crippen molar-refractivity contribution in [1.82, 2.24) is 0 Å². The number of esters is 3. The molecule has 0 saturated heterocycles. The summed E-state index contributed by atoms with van der Waals surface area (Å²) < 4.78 is 10.4. The van der Waals surface area contributed by atoms with Crippen LogP contribution in [0.25, 0.3) is 0 Å². The number of benzene rings is 3. The molecule has 0 aliphatic rings. The van der Waals surface area contributed by atoms with Crippen molar-refractivity contribution in [2.24, 2.45) is 0 Å². The van der Waals surface area contributed by atoms with Crippen LogP contribution in [0.3, 0.4) is 0 Å². The van der Waals surface area contributed by atoms with Gasteiger partial charge in [-0.2, -0.15) is 0 Å². The molecule has 0 aliphatic heterocycles. The topological polar surface area (TPSA) is 69.7 Å². The van der Waals surface area contributed by atoms with E-state index in [9.17, 15) is 14.4 Å². The second-order valence-electron chi connectivity index (χ2n) is 6.72. The Bertz CT molecular complexity index is 995. The van der Waals surface area contributed by atoms with Gasteiger partial charge in [0, 0.05) is 5.56 Å². The van der Waals surface area contributed by atoms with Crippen molar-refractivity contribution in [1.29, 1.82) is 0 Å². The molecular weight excluding hydrogens is 380 g/mol. The summed E-state index contributed by atoms with van der Waals surface area (Å²) in [7, 11) is 0. The van der Waals surface area contributed by atoms with Gasteiger partial charge in [-0.05, 0) is 36.2 Å². The lowest BCUT2D eigenvalue weighted by Crippen LogP contribution is -2.24. The molecule has 3 aromatic carbocycles. The number of carbonyl (C=O) groups excluding carboxylic acids is 3. The molecule has 0 saturated carbocycles. The second kappa shape index (κ2) is 10.2. The number of rotatable bonds is 7. The van der Waals surface area contributed by atoms with Gasteiger partial charge in [-0.1, -0.05) is 74.0 Å². The van der Waals surface area contributed by atoms with Crippen molar-refractivity contribution in [3.05, 3.63) is 107 Å². The first-order valence-corrected chi connectivity index (χ1v) is 9.74. The molecule has 1 atom stereocenters. The van der Waals surface area contributed by atoms with E-state index in [1.807, 2.05) is 12.1 Å². The van der Waals surface area contributed by atoms with Gasteiger partial charge in [0.15, 0.2) is 0 Å². The Morgan fingerprint density at radius 3 is 1.90 bits per heavy atom. The fourth-order valence-electron chi connectivity index (χ4n) is 2.93. The highest BCUT2D eigenvalue weighted by molar-refractivity contribution is 5.99. The van der Waals surface area contributed by atoms with Gasteiger partial charge in [0.25, 0.3) is 0 Å². The smallest absolute Gasteiger partial charge is 0.360 e. The molecule has 5 nitrogen and oxygen atoms in total. The molecule has 0 bridgehead atoms. The summed E-state index contributed by atoms with van der Waals surface area (Å²) in [5.41, 5.74) is 2.06. The second-order valence-corrected chi connectivity index (χ2v) is 6.72. The number of aryl methyl sites for hydroxylation is 1. The van der Waals surface area contributed by atoms with Gasteiger partial charge < -0.3 is 9.47 Å². The van der Waals surface area contributed by atoms with Crippen molar-refractivity contribution < 1.29 is 23.9 Å². The monoisotopic (exact) mass is 402 g/mol. The number of hydrogen-bond acceptors (Lipinski definition) is 5. The van der Waals surface area contributed by atoms with Gasteiger partial charge in [-0.3, -0.25) is 0 Å². The molecule has 0 radical (unpaired) electrons. The first-order chi connectivity index (χ1) is 14.6. The van der Waals surface area contributed by atoms with E-state index in [0.29, 0.717) is 11.1 Å². The molecule has 0 spiro atoms. The van der Waals surface area contributed by atoms with Gasteiger partial charge in [0.1, 0.15) is 0 Å². The molecule has 0 aliphatic carbocycles. The van der Waals surface area contributed by atoms with Crippen molar-refractivity contribution in [3.8, 4) is 0 Å². The van der Waals surface area contributed by atoms with Crippen LogP contribution in [0.15, 0.2) is 84.9 Å². The van der Waals surface area contributed by atoms with Crippen LogP contribution in [-0.4, -0.2) is 17.9 Å². The maximum atomic E-state index is 12.7. The predicted octanol–water partition coefficient (Wildman–Crippen LogP) is 4.92. The molecule has 0 amide bonds. The van der Waals surface area contributed by atoms with Crippen LogP contribution in [0.1, 0.15) is 51.3 Å². The lowest BCUT2D eigenvalue weighted by atomic mass is 10.1. The molecule has 3 aromatic rings. The van der Waals surface area contributed by atoms with Crippen molar-refractivity contribution in [2.75, 3.05) is 0 Å². The number of hydrogen-bond donors (Lipinski definition) is 0. The van der Waals surface area contributed by atoms with Crippen LogP contribution in [0, 0.1) is 0 Å². The quantitative estimate of drug-likeness (QED) is 0.414.